The quantitative estimate of drug-likeness (QED) is 0.646. The molecule has 0 unspecified atom stereocenters. The minimum absolute atomic E-state index is 0.0159. The molecule has 0 atom stereocenters. The number of carbonyl (C=O) groups is 2. The molecule has 1 heterocycles. The van der Waals surface area contributed by atoms with Crippen molar-refractivity contribution in [2.24, 2.45) is 5.92 Å². The lowest BCUT2D eigenvalue weighted by molar-refractivity contribution is 0.0648. The molecule has 1 N–H and O–H groups in total. The Kier molecular flexibility index (Phi) is 5.90. The predicted octanol–water partition coefficient (Wildman–Crippen LogP) is 5.20. The Bertz CT molecular complexity index is 864. The highest BCUT2D eigenvalue weighted by atomic mass is 79.9. The largest absolute Gasteiger partial charge is 0.507 e. The van der Waals surface area contributed by atoms with Crippen LogP contribution in [0.2, 0.25) is 10.0 Å². The van der Waals surface area contributed by atoms with Gasteiger partial charge in [0.2, 0.25) is 0 Å². The number of rotatable bonds is 3. The number of piperidine rings is 1. The molecule has 0 radical (unpaired) electrons. The van der Waals surface area contributed by atoms with Gasteiger partial charge in [-0.3, -0.25) is 9.59 Å². The van der Waals surface area contributed by atoms with Gasteiger partial charge in [0, 0.05) is 29.0 Å². The Morgan fingerprint density at radius 2 is 1.73 bits per heavy atom. The number of hydrogen-bond acceptors (Lipinski definition) is 3. The zero-order valence-corrected chi connectivity index (χ0v) is 16.8. The summed E-state index contributed by atoms with van der Waals surface area (Å²) in [4.78, 5) is 26.9. The summed E-state index contributed by atoms with van der Waals surface area (Å²) in [7, 11) is 0. The lowest BCUT2D eigenvalue weighted by Crippen LogP contribution is -2.40. The molecule has 0 spiro atoms. The highest BCUT2D eigenvalue weighted by Crippen LogP contribution is 2.29. The van der Waals surface area contributed by atoms with Crippen LogP contribution in [0.15, 0.2) is 40.9 Å². The average Bonchev–Trinajstić information content (AvgIpc) is 2.63. The van der Waals surface area contributed by atoms with Crippen LogP contribution in [-0.4, -0.2) is 34.8 Å². The number of ketones is 1. The Morgan fingerprint density at radius 1 is 1.04 bits per heavy atom. The van der Waals surface area contributed by atoms with Crippen LogP contribution in [0.3, 0.4) is 0 Å². The number of benzene rings is 2. The third-order valence-corrected chi connectivity index (χ3v) is 5.78. The Morgan fingerprint density at radius 3 is 2.35 bits per heavy atom. The first-order valence-corrected chi connectivity index (χ1v) is 9.69. The van der Waals surface area contributed by atoms with E-state index in [-0.39, 0.29) is 28.9 Å². The first-order valence-electron chi connectivity index (χ1n) is 8.14. The zero-order valence-electron chi connectivity index (χ0n) is 13.7. The number of nitrogens with zero attached hydrogens (tertiary/aromatic N) is 1. The first kappa shape index (κ1) is 19.2. The topological polar surface area (TPSA) is 57.6 Å². The molecule has 7 heteroatoms. The molecular weight excluding hydrogens is 441 g/mol. The van der Waals surface area contributed by atoms with Gasteiger partial charge < -0.3 is 10.0 Å². The molecule has 2 aromatic rings. The van der Waals surface area contributed by atoms with Crippen molar-refractivity contribution in [2.45, 2.75) is 12.8 Å². The van der Waals surface area contributed by atoms with E-state index in [1.165, 1.54) is 6.07 Å². The van der Waals surface area contributed by atoms with Crippen LogP contribution in [0, 0.1) is 5.92 Å². The van der Waals surface area contributed by atoms with Crippen molar-refractivity contribution in [3.8, 4) is 5.75 Å². The number of phenolic OH excluding ortho intramolecular Hbond substituents is 1. The molecule has 1 aliphatic rings. The number of halogens is 3. The molecule has 4 nitrogen and oxygen atoms in total. The van der Waals surface area contributed by atoms with Crippen LogP contribution < -0.4 is 0 Å². The van der Waals surface area contributed by atoms with Gasteiger partial charge in [-0.25, -0.2) is 0 Å². The number of phenols is 1. The van der Waals surface area contributed by atoms with Crippen molar-refractivity contribution in [1.82, 2.24) is 4.90 Å². The van der Waals surface area contributed by atoms with E-state index in [0.717, 1.165) is 0 Å². The summed E-state index contributed by atoms with van der Waals surface area (Å²) in [5, 5.41) is 10.7. The van der Waals surface area contributed by atoms with E-state index < -0.39 is 0 Å². The van der Waals surface area contributed by atoms with Gasteiger partial charge in [0.25, 0.3) is 5.91 Å². The third kappa shape index (κ3) is 4.05. The Hall–Kier alpha value is -1.56. The van der Waals surface area contributed by atoms with Gasteiger partial charge in [0.05, 0.1) is 15.6 Å². The highest BCUT2D eigenvalue weighted by molar-refractivity contribution is 9.10. The Labute approximate surface area is 169 Å². The summed E-state index contributed by atoms with van der Waals surface area (Å²) >= 11 is 15.1. The van der Waals surface area contributed by atoms with E-state index in [1.54, 1.807) is 35.2 Å². The number of likely N-dealkylation sites (tertiary alicyclic amines) is 1. The Balaban J connectivity index is 1.66. The smallest absolute Gasteiger partial charge is 0.257 e. The monoisotopic (exact) mass is 455 g/mol. The third-order valence-electron chi connectivity index (χ3n) is 4.55. The van der Waals surface area contributed by atoms with Crippen LogP contribution in [-0.2, 0) is 0 Å². The fourth-order valence-electron chi connectivity index (χ4n) is 3.09. The molecule has 1 saturated heterocycles. The van der Waals surface area contributed by atoms with Gasteiger partial charge in [-0.1, -0.05) is 39.1 Å². The van der Waals surface area contributed by atoms with Crippen molar-refractivity contribution in [3.05, 3.63) is 62.0 Å². The molecule has 2 aromatic carbocycles. The van der Waals surface area contributed by atoms with Gasteiger partial charge in [0.1, 0.15) is 5.75 Å². The van der Waals surface area contributed by atoms with Gasteiger partial charge in [-0.05, 0) is 49.2 Å². The molecule has 26 heavy (non-hydrogen) atoms. The number of carbonyl (C=O) groups excluding carboxylic acids is 2. The van der Waals surface area contributed by atoms with E-state index in [4.69, 9.17) is 23.2 Å². The summed E-state index contributed by atoms with van der Waals surface area (Å²) < 4.78 is 0.706. The van der Waals surface area contributed by atoms with Gasteiger partial charge in [0.15, 0.2) is 5.78 Å². The summed E-state index contributed by atoms with van der Waals surface area (Å²) in [6.45, 7) is 0.929. The molecule has 0 bridgehead atoms. The summed E-state index contributed by atoms with van der Waals surface area (Å²) in [6.07, 6.45) is 1.14. The standard InChI is InChI=1S/C19H16BrCl2NO3/c20-13-2-3-14(17(24)10-13)19(26)23-7-5-11(6-8-23)18(25)12-1-4-15(21)16(22)9-12/h1-4,9-11,24H,5-8H2. The highest BCUT2D eigenvalue weighted by Gasteiger charge is 2.29. The van der Waals surface area contributed by atoms with Crippen molar-refractivity contribution >= 4 is 50.8 Å². The molecule has 136 valence electrons. The predicted molar refractivity (Wildman–Crippen MR) is 105 cm³/mol. The number of Topliss-reactive ketones (excluding diaryl/α,β-unsaturated/α-hetero) is 1. The van der Waals surface area contributed by atoms with E-state index in [0.29, 0.717) is 46.0 Å². The summed E-state index contributed by atoms with van der Waals surface area (Å²) in [5.41, 5.74) is 0.803. The SMILES string of the molecule is O=C(c1ccc(Cl)c(Cl)c1)C1CCN(C(=O)c2ccc(Br)cc2O)CC1. The fraction of sp³-hybridized carbons (Fsp3) is 0.263. The maximum Gasteiger partial charge on any atom is 0.257 e. The van der Waals surface area contributed by atoms with Gasteiger partial charge in [-0.2, -0.15) is 0 Å². The lowest BCUT2D eigenvalue weighted by Gasteiger charge is -2.31. The van der Waals surface area contributed by atoms with Crippen molar-refractivity contribution in [3.63, 3.8) is 0 Å². The van der Waals surface area contributed by atoms with E-state index in [1.807, 2.05) is 0 Å². The van der Waals surface area contributed by atoms with E-state index >= 15 is 0 Å². The zero-order chi connectivity index (χ0) is 18.8. The first-order chi connectivity index (χ1) is 12.4. The van der Waals surface area contributed by atoms with E-state index in [9.17, 15) is 14.7 Å². The van der Waals surface area contributed by atoms with Gasteiger partial charge >= 0.3 is 0 Å². The normalized spacial score (nSPS) is 15.1. The lowest BCUT2D eigenvalue weighted by atomic mass is 9.88. The fourth-order valence-corrected chi connectivity index (χ4v) is 3.73. The van der Waals surface area contributed by atoms with E-state index in [2.05, 4.69) is 15.9 Å². The second-order valence-electron chi connectivity index (χ2n) is 6.22. The average molecular weight is 457 g/mol. The summed E-state index contributed by atoms with van der Waals surface area (Å²) in [6, 6.07) is 9.68. The molecule has 0 aliphatic carbocycles. The van der Waals surface area contributed by atoms with Crippen LogP contribution in [0.25, 0.3) is 0 Å². The molecule has 1 amide bonds. The maximum absolute atomic E-state index is 12.7. The van der Waals surface area contributed by atoms with Crippen LogP contribution in [0.4, 0.5) is 0 Å². The van der Waals surface area contributed by atoms with Gasteiger partial charge in [-0.15, -0.1) is 0 Å². The van der Waals surface area contributed by atoms with Crippen molar-refractivity contribution < 1.29 is 14.7 Å². The van der Waals surface area contributed by atoms with Crippen LogP contribution in [0.1, 0.15) is 33.6 Å². The molecule has 3 rings (SSSR count). The molecule has 0 saturated carbocycles. The summed E-state index contributed by atoms with van der Waals surface area (Å²) in [5.74, 6) is -0.425. The van der Waals surface area contributed by atoms with Crippen LogP contribution >= 0.6 is 39.1 Å². The molecule has 1 fully saturated rings. The number of aromatic hydroxyl groups is 1. The second-order valence-corrected chi connectivity index (χ2v) is 7.95. The minimum Gasteiger partial charge on any atom is -0.507 e. The van der Waals surface area contributed by atoms with Crippen molar-refractivity contribution in [1.29, 1.82) is 0 Å². The second kappa shape index (κ2) is 7.99. The van der Waals surface area contributed by atoms with Crippen molar-refractivity contribution in [2.75, 3.05) is 13.1 Å². The minimum atomic E-state index is -0.226. The number of hydrogen-bond donors (Lipinski definition) is 1. The number of amides is 1. The molecular formula is C19H16BrCl2NO3. The molecule has 1 aliphatic heterocycles. The van der Waals surface area contributed by atoms with Crippen LogP contribution in [0.5, 0.6) is 5.75 Å². The maximum atomic E-state index is 12.7. The molecule has 0 aromatic heterocycles.